The molecule has 12 aromatic rings. The Hall–Kier alpha value is -8.04. The van der Waals surface area contributed by atoms with E-state index in [1.54, 1.807) is 0 Å². The molecule has 0 aliphatic heterocycles. The third kappa shape index (κ3) is 5.85. The molecule has 1 aromatic heterocycles. The van der Waals surface area contributed by atoms with Crippen LogP contribution in [0.5, 0.6) is 0 Å². The minimum atomic E-state index is -0.510. The third-order valence-electron chi connectivity index (χ3n) is 13.7. The van der Waals surface area contributed by atoms with Crippen LogP contribution in [0.25, 0.3) is 75.1 Å². The molecule has 0 bridgehead atoms. The van der Waals surface area contributed by atoms with Gasteiger partial charge >= 0.3 is 0 Å². The van der Waals surface area contributed by atoms with E-state index < -0.39 is 5.41 Å². The lowest BCUT2D eigenvalue weighted by Gasteiger charge is -2.35. The van der Waals surface area contributed by atoms with Crippen LogP contribution in [0.3, 0.4) is 0 Å². The van der Waals surface area contributed by atoms with Gasteiger partial charge in [-0.2, -0.15) is 0 Å². The summed E-state index contributed by atoms with van der Waals surface area (Å²) in [5.74, 6) is 0. The highest BCUT2D eigenvalue weighted by Gasteiger charge is 2.46. The zero-order valence-electron chi connectivity index (χ0n) is 35.5. The zero-order valence-corrected chi connectivity index (χ0v) is 36.3. The molecule has 65 heavy (non-hydrogen) atoms. The van der Waals surface area contributed by atoms with Gasteiger partial charge in [-0.25, -0.2) is 0 Å². The Balaban J connectivity index is 1.00. The number of thiophene rings is 1. The van der Waals surface area contributed by atoms with Crippen LogP contribution in [0.1, 0.15) is 22.3 Å². The second-order valence-electron chi connectivity index (χ2n) is 17.2. The highest BCUT2D eigenvalue weighted by atomic mass is 32.1. The molecule has 13 rings (SSSR count). The van der Waals surface area contributed by atoms with Crippen LogP contribution >= 0.6 is 11.3 Å². The molecule has 0 atom stereocenters. The average Bonchev–Trinajstić information content (AvgIpc) is 3.91. The van der Waals surface area contributed by atoms with Gasteiger partial charge in [-0.15, -0.1) is 11.3 Å². The van der Waals surface area contributed by atoms with E-state index in [0.717, 1.165) is 17.1 Å². The van der Waals surface area contributed by atoms with E-state index in [-0.39, 0.29) is 0 Å². The number of rotatable bonds is 7. The van der Waals surface area contributed by atoms with Crippen molar-refractivity contribution in [2.45, 2.75) is 5.41 Å². The Morgan fingerprint density at radius 2 is 0.846 bits per heavy atom. The first-order valence-electron chi connectivity index (χ1n) is 22.4. The van der Waals surface area contributed by atoms with E-state index in [2.05, 4.69) is 254 Å². The molecule has 11 aromatic carbocycles. The molecule has 2 heteroatoms. The van der Waals surface area contributed by atoms with Crippen molar-refractivity contribution >= 4 is 70.1 Å². The summed E-state index contributed by atoms with van der Waals surface area (Å²) >= 11 is 1.88. The van der Waals surface area contributed by atoms with Crippen molar-refractivity contribution in [3.8, 4) is 33.4 Å². The first-order chi connectivity index (χ1) is 32.2. The Bertz CT molecular complexity index is 3710. The Kier molecular flexibility index (Phi) is 8.69. The van der Waals surface area contributed by atoms with E-state index >= 15 is 0 Å². The third-order valence-corrected chi connectivity index (χ3v) is 15.0. The van der Waals surface area contributed by atoms with Crippen LogP contribution in [0, 0.1) is 0 Å². The van der Waals surface area contributed by atoms with Gasteiger partial charge in [0.1, 0.15) is 0 Å². The summed E-state index contributed by atoms with van der Waals surface area (Å²) in [5, 5.41) is 7.69. The van der Waals surface area contributed by atoms with Crippen molar-refractivity contribution in [3.63, 3.8) is 0 Å². The number of anilines is 3. The molecule has 0 unspecified atom stereocenters. The van der Waals surface area contributed by atoms with E-state index in [1.807, 2.05) is 11.3 Å². The van der Waals surface area contributed by atoms with Gasteiger partial charge in [-0.1, -0.05) is 206 Å². The lowest BCUT2D eigenvalue weighted by molar-refractivity contribution is 0.768. The molecule has 0 saturated carbocycles. The summed E-state index contributed by atoms with van der Waals surface area (Å²) in [4.78, 5) is 2.44. The van der Waals surface area contributed by atoms with Crippen LogP contribution in [-0.4, -0.2) is 0 Å². The predicted octanol–water partition coefficient (Wildman–Crippen LogP) is 17.5. The molecule has 0 N–H and O–H groups in total. The van der Waals surface area contributed by atoms with Crippen LogP contribution in [0.2, 0.25) is 0 Å². The summed E-state index contributed by atoms with van der Waals surface area (Å²) in [7, 11) is 0. The van der Waals surface area contributed by atoms with Gasteiger partial charge < -0.3 is 4.90 Å². The average molecular weight is 844 g/mol. The minimum Gasteiger partial charge on any atom is -0.310 e. The van der Waals surface area contributed by atoms with Crippen molar-refractivity contribution in [2.75, 3.05) is 4.90 Å². The van der Waals surface area contributed by atoms with Gasteiger partial charge in [0.05, 0.1) is 5.41 Å². The highest BCUT2D eigenvalue weighted by Crippen LogP contribution is 2.57. The SMILES string of the molecule is c1ccc(C2(c3ccccc3)c3ccccc3-c3ccc(N(c4ccc(-c5cccc6c5sc5ccccc56)cc4)c4ccc(-c5cccc6ccc7ccccc7c56)cc4)cc32)cc1. The summed E-state index contributed by atoms with van der Waals surface area (Å²) in [6.45, 7) is 0. The molecule has 1 aliphatic carbocycles. The molecule has 0 radical (unpaired) electrons. The van der Waals surface area contributed by atoms with Crippen LogP contribution in [0.15, 0.2) is 249 Å². The first-order valence-corrected chi connectivity index (χ1v) is 23.2. The molecule has 1 nitrogen and oxygen atoms in total. The smallest absolute Gasteiger partial charge is 0.0714 e. The van der Waals surface area contributed by atoms with Crippen molar-refractivity contribution in [1.29, 1.82) is 0 Å². The van der Waals surface area contributed by atoms with Crippen molar-refractivity contribution in [3.05, 3.63) is 271 Å². The Labute approximate surface area is 382 Å². The standard InChI is InChI=1S/C63H41NS/c1-3-17-46(18-4-1)63(47-19-5-2-6-20-47)58-27-11-9-22-54(58)55-40-39-50(41-59(55)63)64(49-37-33-44(34-38-49)53-25-14-26-57-56-23-10-12-28-60(56)65-62(53)57)48-35-31-43(32-36-48)52-24-13-16-45-30-29-42-15-7-8-21-51(42)61(45)52/h1-41H. The van der Waals surface area contributed by atoms with Crippen molar-refractivity contribution in [1.82, 2.24) is 0 Å². The lowest BCUT2D eigenvalue weighted by Crippen LogP contribution is -2.28. The van der Waals surface area contributed by atoms with Crippen molar-refractivity contribution < 1.29 is 0 Å². The monoisotopic (exact) mass is 843 g/mol. The summed E-state index contributed by atoms with van der Waals surface area (Å²) in [6.07, 6.45) is 0. The van der Waals surface area contributed by atoms with E-state index in [0.29, 0.717) is 0 Å². The number of benzene rings is 11. The van der Waals surface area contributed by atoms with Crippen LogP contribution in [-0.2, 0) is 5.41 Å². The second-order valence-corrected chi connectivity index (χ2v) is 18.2. The quantitative estimate of drug-likeness (QED) is 0.145. The number of nitrogens with zero attached hydrogens (tertiary/aromatic N) is 1. The topological polar surface area (TPSA) is 3.24 Å². The normalized spacial score (nSPS) is 12.7. The molecule has 0 saturated heterocycles. The molecule has 0 amide bonds. The molecule has 1 aliphatic rings. The maximum atomic E-state index is 2.46. The molecular weight excluding hydrogens is 803 g/mol. The second kappa shape index (κ2) is 15.1. The molecule has 304 valence electrons. The molecule has 0 fully saturated rings. The maximum Gasteiger partial charge on any atom is 0.0714 e. The molecule has 0 spiro atoms. The Morgan fingerprint density at radius 3 is 1.60 bits per heavy atom. The van der Waals surface area contributed by atoms with Gasteiger partial charge in [0.25, 0.3) is 0 Å². The van der Waals surface area contributed by atoms with Crippen LogP contribution in [0.4, 0.5) is 17.1 Å². The predicted molar refractivity (Wildman–Crippen MR) is 277 cm³/mol. The summed E-state index contributed by atoms with van der Waals surface area (Å²) in [6, 6.07) is 92.1. The lowest BCUT2D eigenvalue weighted by atomic mass is 9.67. The first kappa shape index (κ1) is 37.5. The molecular formula is C63H41NS. The van der Waals surface area contributed by atoms with E-state index in [9.17, 15) is 0 Å². The fourth-order valence-corrected chi connectivity index (χ4v) is 12.1. The van der Waals surface area contributed by atoms with E-state index in [1.165, 1.54) is 97.4 Å². The minimum absolute atomic E-state index is 0.510. The fraction of sp³-hybridized carbons (Fsp3) is 0.0159. The number of fused-ring (bicyclic) bond motifs is 9. The van der Waals surface area contributed by atoms with Gasteiger partial charge in [0.15, 0.2) is 0 Å². The number of hydrogen-bond acceptors (Lipinski definition) is 2. The maximum absolute atomic E-state index is 2.46. The van der Waals surface area contributed by atoms with Crippen LogP contribution < -0.4 is 4.90 Å². The van der Waals surface area contributed by atoms with Crippen molar-refractivity contribution in [2.24, 2.45) is 0 Å². The number of hydrogen-bond donors (Lipinski definition) is 0. The van der Waals surface area contributed by atoms with Gasteiger partial charge in [-0.3, -0.25) is 0 Å². The van der Waals surface area contributed by atoms with E-state index in [4.69, 9.17) is 0 Å². The highest BCUT2D eigenvalue weighted by molar-refractivity contribution is 7.26. The zero-order chi connectivity index (χ0) is 42.9. The molecule has 1 heterocycles. The Morgan fingerprint density at radius 1 is 0.323 bits per heavy atom. The largest absolute Gasteiger partial charge is 0.310 e. The van der Waals surface area contributed by atoms with Gasteiger partial charge in [-0.05, 0) is 120 Å². The van der Waals surface area contributed by atoms with Gasteiger partial charge in [0.2, 0.25) is 0 Å². The van der Waals surface area contributed by atoms with Gasteiger partial charge in [0, 0.05) is 37.2 Å². The summed E-state index contributed by atoms with van der Waals surface area (Å²) in [5.41, 5.74) is 15.3. The fourth-order valence-electron chi connectivity index (χ4n) is 10.9. The summed E-state index contributed by atoms with van der Waals surface area (Å²) < 4.78 is 2.64.